The molecule has 0 bridgehead atoms. The molecule has 0 aliphatic heterocycles. The molecule has 142 valence electrons. The number of carboxylic acids is 1. The first-order valence-electron chi connectivity index (χ1n) is 9.71. The summed E-state index contributed by atoms with van der Waals surface area (Å²) < 4.78 is 0. The molecule has 28 heavy (non-hydrogen) atoms. The maximum atomic E-state index is 11.4. The van der Waals surface area contributed by atoms with Crippen molar-refractivity contribution in [3.05, 3.63) is 89.2 Å². The van der Waals surface area contributed by atoms with E-state index < -0.39 is 5.97 Å². The minimum Gasteiger partial charge on any atom is -0.478 e. The molecule has 1 heterocycles. The first-order valence-corrected chi connectivity index (χ1v) is 9.71. The molecule has 0 spiro atoms. The molecule has 4 nitrogen and oxygen atoms in total. The zero-order chi connectivity index (χ0) is 19.5. The number of aryl methyl sites for hydroxylation is 2. The van der Waals surface area contributed by atoms with Gasteiger partial charge in [0.2, 0.25) is 0 Å². The van der Waals surface area contributed by atoms with E-state index in [0.717, 1.165) is 31.2 Å². The number of fused-ring (bicyclic) bond motifs is 1. The summed E-state index contributed by atoms with van der Waals surface area (Å²) in [5.41, 5.74) is 6.39. The van der Waals surface area contributed by atoms with E-state index in [4.69, 9.17) is 0 Å². The Hall–Kier alpha value is -3.14. The smallest absolute Gasteiger partial charge is 0.336 e. The van der Waals surface area contributed by atoms with Gasteiger partial charge in [-0.2, -0.15) is 0 Å². The van der Waals surface area contributed by atoms with Crippen molar-refractivity contribution < 1.29 is 9.90 Å². The Labute approximate surface area is 165 Å². The second-order valence-electron chi connectivity index (χ2n) is 7.39. The zero-order valence-corrected chi connectivity index (χ0v) is 16.0. The summed E-state index contributed by atoms with van der Waals surface area (Å²) in [5, 5.41) is 9.36. The van der Waals surface area contributed by atoms with Crippen molar-refractivity contribution in [3.63, 3.8) is 0 Å². The van der Waals surface area contributed by atoms with Gasteiger partial charge in [-0.25, -0.2) is 4.79 Å². The van der Waals surface area contributed by atoms with Crippen LogP contribution in [0.25, 0.3) is 0 Å². The van der Waals surface area contributed by atoms with Gasteiger partial charge in [-0.3, -0.25) is 4.98 Å². The molecule has 1 aliphatic rings. The van der Waals surface area contributed by atoms with Gasteiger partial charge >= 0.3 is 5.97 Å². The molecule has 0 amide bonds. The number of pyridine rings is 1. The molecule has 3 aromatic rings. The molecular weight excluding hydrogens is 348 g/mol. The van der Waals surface area contributed by atoms with Crippen molar-refractivity contribution in [2.45, 2.75) is 31.6 Å². The Kier molecular flexibility index (Phi) is 5.11. The van der Waals surface area contributed by atoms with Gasteiger partial charge in [-0.05, 0) is 78.6 Å². The third-order valence-corrected chi connectivity index (χ3v) is 5.76. The van der Waals surface area contributed by atoms with Gasteiger partial charge in [0.15, 0.2) is 0 Å². The van der Waals surface area contributed by atoms with Crippen LogP contribution in [0.5, 0.6) is 0 Å². The number of hydrogen-bond donors (Lipinski definition) is 1. The van der Waals surface area contributed by atoms with Crippen LogP contribution < -0.4 is 4.90 Å². The van der Waals surface area contributed by atoms with Crippen LogP contribution in [0.3, 0.4) is 0 Å². The Bertz CT molecular complexity index is 985. The Morgan fingerprint density at radius 3 is 2.75 bits per heavy atom. The molecule has 4 rings (SSSR count). The highest BCUT2D eigenvalue weighted by molar-refractivity contribution is 5.89. The third kappa shape index (κ3) is 3.63. The fourth-order valence-electron chi connectivity index (χ4n) is 4.17. The average molecular weight is 372 g/mol. The number of benzene rings is 2. The summed E-state index contributed by atoms with van der Waals surface area (Å²) in [5.74, 6) is -0.397. The molecule has 1 aliphatic carbocycles. The minimum absolute atomic E-state index is 0.369. The molecule has 1 aromatic heterocycles. The highest BCUT2D eigenvalue weighted by Gasteiger charge is 2.23. The number of aromatic carboxylic acids is 1. The van der Waals surface area contributed by atoms with Crippen LogP contribution >= 0.6 is 0 Å². The molecule has 0 radical (unpaired) electrons. The summed E-state index contributed by atoms with van der Waals surface area (Å²) in [6, 6.07) is 18.7. The maximum absolute atomic E-state index is 11.4. The minimum atomic E-state index is -0.877. The lowest BCUT2D eigenvalue weighted by atomic mass is 9.93. The van der Waals surface area contributed by atoms with E-state index in [1.165, 1.54) is 22.5 Å². The van der Waals surface area contributed by atoms with E-state index in [1.807, 2.05) is 6.07 Å². The van der Waals surface area contributed by atoms with Crippen LogP contribution in [0.1, 0.15) is 45.8 Å². The van der Waals surface area contributed by atoms with Gasteiger partial charge in [0.05, 0.1) is 5.56 Å². The fourth-order valence-corrected chi connectivity index (χ4v) is 4.17. The number of rotatable bonds is 6. The molecule has 0 fully saturated rings. The molecule has 1 atom stereocenters. The van der Waals surface area contributed by atoms with Crippen LogP contribution in [0, 0.1) is 0 Å². The van der Waals surface area contributed by atoms with E-state index in [9.17, 15) is 9.90 Å². The summed E-state index contributed by atoms with van der Waals surface area (Å²) in [7, 11) is 2.10. The van der Waals surface area contributed by atoms with Crippen molar-refractivity contribution in [1.82, 2.24) is 4.98 Å². The van der Waals surface area contributed by atoms with Gasteiger partial charge in [-0.1, -0.05) is 24.3 Å². The second-order valence-corrected chi connectivity index (χ2v) is 7.39. The van der Waals surface area contributed by atoms with Crippen molar-refractivity contribution in [3.8, 4) is 0 Å². The Morgan fingerprint density at radius 1 is 1.14 bits per heavy atom. The topological polar surface area (TPSA) is 53.4 Å². The van der Waals surface area contributed by atoms with Gasteiger partial charge in [0.25, 0.3) is 0 Å². The van der Waals surface area contributed by atoms with Gasteiger partial charge in [0.1, 0.15) is 0 Å². The van der Waals surface area contributed by atoms with E-state index in [0.29, 0.717) is 11.5 Å². The SMILES string of the molecule is CN(c1ccccc1)c1ccc2c(c1)CC[C@H]2CCc1cnccc1C(=O)O. The van der Waals surface area contributed by atoms with E-state index in [2.05, 4.69) is 59.4 Å². The van der Waals surface area contributed by atoms with E-state index in [-0.39, 0.29) is 0 Å². The highest BCUT2D eigenvalue weighted by atomic mass is 16.4. The number of hydrogen-bond acceptors (Lipinski definition) is 3. The van der Waals surface area contributed by atoms with E-state index >= 15 is 0 Å². The highest BCUT2D eigenvalue weighted by Crippen LogP contribution is 2.39. The molecular formula is C24H24N2O2. The molecule has 4 heteroatoms. The quantitative estimate of drug-likeness (QED) is 0.645. The lowest BCUT2D eigenvalue weighted by Gasteiger charge is -2.21. The predicted octanol–water partition coefficient (Wildman–Crippen LogP) is 5.21. The number of carbonyl (C=O) groups is 1. The lowest BCUT2D eigenvalue weighted by molar-refractivity contribution is 0.0695. The summed E-state index contributed by atoms with van der Waals surface area (Å²) >= 11 is 0. The van der Waals surface area contributed by atoms with Crippen molar-refractivity contribution in [1.29, 1.82) is 0 Å². The Balaban J connectivity index is 1.49. The standard InChI is InChI=1S/C24H24N2O2/c1-26(20-5-3-2-4-6-20)21-11-12-22-17(7-9-18(22)15-21)8-10-19-16-25-14-13-23(19)24(27)28/h2-6,11-17H,7-10H2,1H3,(H,27,28)/t17-/m0/s1. The molecule has 0 saturated carbocycles. The summed E-state index contributed by atoms with van der Waals surface area (Å²) in [6.07, 6.45) is 7.13. The molecule has 0 saturated heterocycles. The van der Waals surface area contributed by atoms with Crippen LogP contribution in [0.2, 0.25) is 0 Å². The van der Waals surface area contributed by atoms with Crippen LogP contribution in [-0.4, -0.2) is 23.1 Å². The zero-order valence-electron chi connectivity index (χ0n) is 16.0. The largest absolute Gasteiger partial charge is 0.478 e. The van der Waals surface area contributed by atoms with Gasteiger partial charge < -0.3 is 10.0 Å². The summed E-state index contributed by atoms with van der Waals surface area (Å²) in [4.78, 5) is 17.7. The molecule has 1 N–H and O–H groups in total. The third-order valence-electron chi connectivity index (χ3n) is 5.76. The number of nitrogens with zero attached hydrogens (tertiary/aromatic N) is 2. The average Bonchev–Trinajstić information content (AvgIpc) is 3.14. The first-order chi connectivity index (χ1) is 13.6. The first kappa shape index (κ1) is 18.2. The van der Waals surface area contributed by atoms with Gasteiger partial charge in [0, 0.05) is 30.8 Å². The summed E-state index contributed by atoms with van der Waals surface area (Å²) in [6.45, 7) is 0. The number of anilines is 2. The molecule has 2 aromatic carbocycles. The van der Waals surface area contributed by atoms with Crippen LogP contribution in [-0.2, 0) is 12.8 Å². The number of para-hydroxylation sites is 1. The normalized spacial score (nSPS) is 15.2. The molecule has 0 unspecified atom stereocenters. The second kappa shape index (κ2) is 7.85. The Morgan fingerprint density at radius 2 is 1.96 bits per heavy atom. The number of aromatic nitrogens is 1. The van der Waals surface area contributed by atoms with E-state index in [1.54, 1.807) is 18.5 Å². The van der Waals surface area contributed by atoms with Crippen molar-refractivity contribution in [2.24, 2.45) is 0 Å². The van der Waals surface area contributed by atoms with Gasteiger partial charge in [-0.15, -0.1) is 0 Å². The lowest BCUT2D eigenvalue weighted by Crippen LogP contribution is -2.09. The van der Waals surface area contributed by atoms with Crippen LogP contribution in [0.4, 0.5) is 11.4 Å². The fraction of sp³-hybridized carbons (Fsp3) is 0.250. The maximum Gasteiger partial charge on any atom is 0.336 e. The van der Waals surface area contributed by atoms with Crippen LogP contribution in [0.15, 0.2) is 67.0 Å². The van der Waals surface area contributed by atoms with Crippen molar-refractivity contribution in [2.75, 3.05) is 11.9 Å². The predicted molar refractivity (Wildman–Crippen MR) is 112 cm³/mol. The van der Waals surface area contributed by atoms with Crippen molar-refractivity contribution >= 4 is 17.3 Å². The number of carboxylic acid groups (broad SMARTS) is 1. The monoisotopic (exact) mass is 372 g/mol.